The number of hydrogen-bond donors (Lipinski definition) is 1. The van der Waals surface area contributed by atoms with Crippen LogP contribution in [0.1, 0.15) is 32.8 Å². The summed E-state index contributed by atoms with van der Waals surface area (Å²) in [5.41, 5.74) is 2.17. The van der Waals surface area contributed by atoms with Crippen molar-refractivity contribution in [2.45, 2.75) is 13.3 Å². The van der Waals surface area contributed by atoms with Crippen molar-refractivity contribution in [3.8, 4) is 0 Å². The Morgan fingerprint density at radius 3 is 2.74 bits per heavy atom. The van der Waals surface area contributed by atoms with Crippen LogP contribution in [0.3, 0.4) is 0 Å². The standard InChI is InChI=1S/C17H15N3O3/c1-11-4-2-5-12(10-11)19-14(21)7-9-20-16(22)13-6-3-8-18-15(13)17(20)23/h2-6,8,10H,7,9H2,1H3,(H,19,21). The van der Waals surface area contributed by atoms with Crippen molar-refractivity contribution in [2.24, 2.45) is 0 Å². The molecule has 1 aliphatic heterocycles. The second-order valence-electron chi connectivity index (χ2n) is 5.33. The molecule has 6 heteroatoms. The molecule has 1 aromatic heterocycles. The van der Waals surface area contributed by atoms with Gasteiger partial charge in [0.2, 0.25) is 5.91 Å². The predicted molar refractivity (Wildman–Crippen MR) is 84.0 cm³/mol. The summed E-state index contributed by atoms with van der Waals surface area (Å²) in [4.78, 5) is 41.3. The summed E-state index contributed by atoms with van der Waals surface area (Å²) in [6.45, 7) is 1.97. The van der Waals surface area contributed by atoms with Gasteiger partial charge in [0.05, 0.1) is 5.56 Å². The minimum Gasteiger partial charge on any atom is -0.326 e. The van der Waals surface area contributed by atoms with Crippen molar-refractivity contribution in [3.05, 3.63) is 59.4 Å². The fourth-order valence-corrected chi connectivity index (χ4v) is 2.48. The van der Waals surface area contributed by atoms with E-state index in [-0.39, 0.29) is 30.1 Å². The third kappa shape index (κ3) is 2.96. The van der Waals surface area contributed by atoms with Crippen LogP contribution in [0.5, 0.6) is 0 Å². The van der Waals surface area contributed by atoms with Gasteiger partial charge in [-0.05, 0) is 36.8 Å². The first-order valence-electron chi connectivity index (χ1n) is 7.24. The Labute approximate surface area is 133 Å². The molecule has 116 valence electrons. The molecular formula is C17H15N3O3. The number of carbonyl (C=O) groups is 3. The first-order chi connectivity index (χ1) is 11.1. The minimum absolute atomic E-state index is 0.0334. The zero-order valence-corrected chi connectivity index (χ0v) is 12.6. The third-order valence-corrected chi connectivity index (χ3v) is 3.60. The molecular weight excluding hydrogens is 294 g/mol. The molecule has 0 radical (unpaired) electrons. The normalized spacial score (nSPS) is 13.2. The number of anilines is 1. The summed E-state index contributed by atoms with van der Waals surface area (Å²) in [5.74, 6) is -1.10. The third-order valence-electron chi connectivity index (χ3n) is 3.60. The zero-order valence-electron chi connectivity index (χ0n) is 12.6. The molecule has 0 bridgehead atoms. The van der Waals surface area contributed by atoms with Gasteiger partial charge in [0, 0.05) is 24.8 Å². The van der Waals surface area contributed by atoms with E-state index in [0.717, 1.165) is 10.5 Å². The topological polar surface area (TPSA) is 79.4 Å². The Hall–Kier alpha value is -3.02. The number of aromatic nitrogens is 1. The van der Waals surface area contributed by atoms with Crippen LogP contribution in [0, 0.1) is 6.92 Å². The molecule has 2 aromatic rings. The van der Waals surface area contributed by atoms with Crippen molar-refractivity contribution in [3.63, 3.8) is 0 Å². The number of carbonyl (C=O) groups excluding carboxylic acids is 3. The summed E-state index contributed by atoms with van der Waals surface area (Å²) in [7, 11) is 0. The lowest BCUT2D eigenvalue weighted by Crippen LogP contribution is -2.33. The van der Waals surface area contributed by atoms with Gasteiger partial charge in [0.1, 0.15) is 5.69 Å². The second kappa shape index (κ2) is 6.00. The van der Waals surface area contributed by atoms with Crippen LogP contribution in [0.25, 0.3) is 0 Å². The fourth-order valence-electron chi connectivity index (χ4n) is 2.48. The molecule has 0 saturated carbocycles. The number of aryl methyl sites for hydroxylation is 1. The molecule has 1 N–H and O–H groups in total. The van der Waals surface area contributed by atoms with E-state index < -0.39 is 11.8 Å². The molecule has 6 nitrogen and oxygen atoms in total. The van der Waals surface area contributed by atoms with Gasteiger partial charge in [-0.25, -0.2) is 0 Å². The van der Waals surface area contributed by atoms with E-state index in [1.807, 2.05) is 25.1 Å². The molecule has 3 amide bonds. The van der Waals surface area contributed by atoms with Gasteiger partial charge >= 0.3 is 0 Å². The lowest BCUT2D eigenvalue weighted by atomic mass is 10.2. The molecule has 0 spiro atoms. The number of rotatable bonds is 4. The Bertz CT molecular complexity index is 766. The Balaban J connectivity index is 1.62. The van der Waals surface area contributed by atoms with Crippen LogP contribution in [0.2, 0.25) is 0 Å². The average Bonchev–Trinajstić information content (AvgIpc) is 2.77. The highest BCUT2D eigenvalue weighted by atomic mass is 16.2. The van der Waals surface area contributed by atoms with Crippen LogP contribution >= 0.6 is 0 Å². The summed E-state index contributed by atoms with van der Waals surface area (Å²) < 4.78 is 0. The second-order valence-corrected chi connectivity index (χ2v) is 5.33. The van der Waals surface area contributed by atoms with E-state index in [0.29, 0.717) is 5.69 Å². The first-order valence-corrected chi connectivity index (χ1v) is 7.24. The lowest BCUT2D eigenvalue weighted by molar-refractivity contribution is -0.116. The highest BCUT2D eigenvalue weighted by Gasteiger charge is 2.36. The van der Waals surface area contributed by atoms with E-state index in [1.54, 1.807) is 18.2 Å². The predicted octanol–water partition coefficient (Wildman–Crippen LogP) is 2.01. The summed E-state index contributed by atoms with van der Waals surface area (Å²) in [6, 6.07) is 10.6. The average molecular weight is 309 g/mol. The molecule has 1 aromatic carbocycles. The van der Waals surface area contributed by atoms with Crippen LogP contribution in [0.15, 0.2) is 42.6 Å². The van der Waals surface area contributed by atoms with Crippen LogP contribution in [0.4, 0.5) is 5.69 Å². The van der Waals surface area contributed by atoms with Crippen LogP contribution in [-0.4, -0.2) is 34.2 Å². The van der Waals surface area contributed by atoms with Gasteiger partial charge in [-0.1, -0.05) is 12.1 Å². The van der Waals surface area contributed by atoms with Crippen molar-refractivity contribution in [2.75, 3.05) is 11.9 Å². The van der Waals surface area contributed by atoms with Gasteiger partial charge in [-0.15, -0.1) is 0 Å². The van der Waals surface area contributed by atoms with Crippen molar-refractivity contribution in [1.82, 2.24) is 9.88 Å². The zero-order chi connectivity index (χ0) is 16.4. The van der Waals surface area contributed by atoms with Gasteiger partial charge in [-0.3, -0.25) is 24.3 Å². The number of nitrogens with one attached hydrogen (secondary N) is 1. The quantitative estimate of drug-likeness (QED) is 0.876. The van der Waals surface area contributed by atoms with Crippen LogP contribution < -0.4 is 5.32 Å². The maximum atomic E-state index is 12.2. The summed E-state index contributed by atoms with van der Waals surface area (Å²) in [5, 5.41) is 2.75. The van der Waals surface area contributed by atoms with Gasteiger partial charge in [-0.2, -0.15) is 0 Å². The number of nitrogens with zero attached hydrogens (tertiary/aromatic N) is 2. The van der Waals surface area contributed by atoms with Crippen LogP contribution in [-0.2, 0) is 4.79 Å². The van der Waals surface area contributed by atoms with E-state index in [9.17, 15) is 14.4 Å². The lowest BCUT2D eigenvalue weighted by Gasteiger charge is -2.13. The van der Waals surface area contributed by atoms with E-state index in [2.05, 4.69) is 10.3 Å². The van der Waals surface area contributed by atoms with Gasteiger partial charge in [0.15, 0.2) is 0 Å². The van der Waals surface area contributed by atoms with Crippen molar-refractivity contribution >= 4 is 23.4 Å². The highest BCUT2D eigenvalue weighted by molar-refractivity contribution is 6.20. The monoisotopic (exact) mass is 309 g/mol. The molecule has 0 saturated heterocycles. The molecule has 0 fully saturated rings. The Morgan fingerprint density at radius 1 is 1.17 bits per heavy atom. The van der Waals surface area contributed by atoms with Crippen molar-refractivity contribution in [1.29, 1.82) is 0 Å². The SMILES string of the molecule is Cc1cccc(NC(=O)CCN2C(=O)c3cccnc3C2=O)c1. The maximum absolute atomic E-state index is 12.2. The van der Waals surface area contributed by atoms with E-state index >= 15 is 0 Å². The van der Waals surface area contributed by atoms with E-state index in [1.165, 1.54) is 6.20 Å². The largest absolute Gasteiger partial charge is 0.326 e. The van der Waals surface area contributed by atoms with E-state index in [4.69, 9.17) is 0 Å². The number of pyridine rings is 1. The number of fused-ring (bicyclic) bond motifs is 1. The Kier molecular flexibility index (Phi) is 3.89. The summed E-state index contributed by atoms with van der Waals surface area (Å²) >= 11 is 0. The Morgan fingerprint density at radius 2 is 2.00 bits per heavy atom. The molecule has 0 unspecified atom stereocenters. The fraction of sp³-hybridized carbons (Fsp3) is 0.176. The van der Waals surface area contributed by atoms with Crippen molar-refractivity contribution < 1.29 is 14.4 Å². The molecule has 2 heterocycles. The maximum Gasteiger partial charge on any atom is 0.280 e. The van der Waals surface area contributed by atoms with Gasteiger partial charge < -0.3 is 5.32 Å². The number of imide groups is 1. The number of benzene rings is 1. The molecule has 0 atom stereocenters. The minimum atomic E-state index is -0.450. The molecule has 0 aliphatic carbocycles. The number of hydrogen-bond acceptors (Lipinski definition) is 4. The smallest absolute Gasteiger partial charge is 0.280 e. The first kappa shape index (κ1) is 14.9. The highest BCUT2D eigenvalue weighted by Crippen LogP contribution is 2.20. The summed E-state index contributed by atoms with van der Waals surface area (Å²) in [6.07, 6.45) is 1.51. The number of amides is 3. The van der Waals surface area contributed by atoms with Gasteiger partial charge in [0.25, 0.3) is 11.8 Å². The molecule has 1 aliphatic rings. The molecule has 3 rings (SSSR count). The molecule has 23 heavy (non-hydrogen) atoms.